The van der Waals surface area contributed by atoms with Crippen molar-refractivity contribution in [2.45, 2.75) is 32.6 Å². The number of sulfonamides is 1. The topological polar surface area (TPSA) is 63.4 Å². The van der Waals surface area contributed by atoms with Crippen LogP contribution in [0.2, 0.25) is 0 Å². The van der Waals surface area contributed by atoms with Crippen LogP contribution in [0.1, 0.15) is 25.8 Å². The van der Waals surface area contributed by atoms with E-state index in [0.717, 1.165) is 11.3 Å². The number of aryl methyl sites for hydroxylation is 1. The van der Waals surface area contributed by atoms with Crippen LogP contribution in [0.5, 0.6) is 0 Å². The lowest BCUT2D eigenvalue weighted by Gasteiger charge is -2.30. The first kappa shape index (κ1) is 14.0. The molecule has 5 heteroatoms. The highest BCUT2D eigenvalue weighted by atomic mass is 32.2. The van der Waals surface area contributed by atoms with E-state index in [9.17, 15) is 8.42 Å². The predicted octanol–water partition coefficient (Wildman–Crippen LogP) is 1.85. The van der Waals surface area contributed by atoms with Gasteiger partial charge in [0, 0.05) is 12.2 Å². The Hall–Kier alpha value is -1.07. The van der Waals surface area contributed by atoms with Crippen LogP contribution in [-0.4, -0.2) is 20.3 Å². The number of anilines is 1. The highest BCUT2D eigenvalue weighted by Crippen LogP contribution is 2.21. The Kier molecular flexibility index (Phi) is 4.54. The third-order valence-electron chi connectivity index (χ3n) is 2.75. The maximum atomic E-state index is 11.6. The zero-order valence-corrected chi connectivity index (χ0v) is 11.4. The third kappa shape index (κ3) is 3.44. The molecular formula is C12H20N2O2S. The predicted molar refractivity (Wildman–Crippen MR) is 71.4 cm³/mol. The molecule has 17 heavy (non-hydrogen) atoms. The second-order valence-electron chi connectivity index (χ2n) is 4.08. The Morgan fingerprint density at radius 3 is 2.41 bits per heavy atom. The fourth-order valence-electron chi connectivity index (χ4n) is 1.99. The van der Waals surface area contributed by atoms with Crippen molar-refractivity contribution in [1.29, 1.82) is 0 Å². The zero-order valence-electron chi connectivity index (χ0n) is 10.6. The van der Waals surface area contributed by atoms with Gasteiger partial charge in [-0.15, -0.1) is 0 Å². The van der Waals surface area contributed by atoms with E-state index >= 15 is 0 Å². The third-order valence-corrected chi connectivity index (χ3v) is 4.10. The molecule has 1 rings (SSSR count). The standard InChI is InChI=1S/C12H20N2O2S/c1-4-12(17(13,15)16)14(5-2)11-8-6-7-10(3)9-11/h6-9,12H,4-5H2,1-3H3,(H2,13,15,16). The summed E-state index contributed by atoms with van der Waals surface area (Å²) in [6.07, 6.45) is 0.473. The normalized spacial score (nSPS) is 13.4. The van der Waals surface area contributed by atoms with Crippen LogP contribution in [0, 0.1) is 6.92 Å². The largest absolute Gasteiger partial charge is 0.354 e. The van der Waals surface area contributed by atoms with Crippen LogP contribution in [0.4, 0.5) is 5.69 Å². The van der Waals surface area contributed by atoms with Crippen molar-refractivity contribution < 1.29 is 8.42 Å². The smallest absolute Gasteiger partial charge is 0.230 e. The summed E-state index contributed by atoms with van der Waals surface area (Å²) in [4.78, 5) is 1.82. The SMILES string of the molecule is CCC(N(CC)c1cccc(C)c1)S(N)(=O)=O. The lowest BCUT2D eigenvalue weighted by atomic mass is 10.2. The van der Waals surface area contributed by atoms with Crippen molar-refractivity contribution in [3.63, 3.8) is 0 Å². The number of primary sulfonamides is 1. The van der Waals surface area contributed by atoms with Crippen molar-refractivity contribution in [3.8, 4) is 0 Å². The summed E-state index contributed by atoms with van der Waals surface area (Å²) in [5.41, 5.74) is 2.00. The number of nitrogens with zero attached hydrogens (tertiary/aromatic N) is 1. The van der Waals surface area contributed by atoms with Crippen LogP contribution in [0.3, 0.4) is 0 Å². The summed E-state index contributed by atoms with van der Waals surface area (Å²) in [6, 6.07) is 7.78. The lowest BCUT2D eigenvalue weighted by molar-refractivity contribution is 0.569. The lowest BCUT2D eigenvalue weighted by Crippen LogP contribution is -2.44. The van der Waals surface area contributed by atoms with Gasteiger partial charge in [0.25, 0.3) is 0 Å². The van der Waals surface area contributed by atoms with Crippen LogP contribution in [0.15, 0.2) is 24.3 Å². The molecule has 0 aliphatic carbocycles. The molecule has 1 unspecified atom stereocenters. The Morgan fingerprint density at radius 2 is 2.00 bits per heavy atom. The molecule has 0 aliphatic rings. The Labute approximate surface area is 103 Å². The van der Waals surface area contributed by atoms with Gasteiger partial charge in [-0.3, -0.25) is 0 Å². The number of hydrogen-bond donors (Lipinski definition) is 1. The van der Waals surface area contributed by atoms with Gasteiger partial charge in [-0.1, -0.05) is 19.1 Å². The van der Waals surface area contributed by atoms with Crippen molar-refractivity contribution in [3.05, 3.63) is 29.8 Å². The minimum atomic E-state index is -3.56. The van der Waals surface area contributed by atoms with Gasteiger partial charge in [-0.05, 0) is 38.0 Å². The van der Waals surface area contributed by atoms with Crippen LogP contribution in [0.25, 0.3) is 0 Å². The van der Waals surface area contributed by atoms with Gasteiger partial charge >= 0.3 is 0 Å². The van der Waals surface area contributed by atoms with Crippen molar-refractivity contribution in [2.75, 3.05) is 11.4 Å². The molecule has 0 spiro atoms. The first-order valence-corrected chi connectivity index (χ1v) is 7.36. The summed E-state index contributed by atoms with van der Waals surface area (Å²) >= 11 is 0. The summed E-state index contributed by atoms with van der Waals surface area (Å²) in [5, 5.41) is 4.61. The minimum absolute atomic E-state index is 0.473. The molecule has 0 bridgehead atoms. The Balaban J connectivity index is 3.14. The van der Waals surface area contributed by atoms with E-state index in [1.165, 1.54) is 0 Å². The summed E-state index contributed by atoms with van der Waals surface area (Å²) < 4.78 is 23.1. The molecule has 0 saturated carbocycles. The van der Waals surface area contributed by atoms with E-state index in [0.29, 0.717) is 13.0 Å². The molecule has 0 aromatic heterocycles. The molecule has 2 N–H and O–H groups in total. The molecule has 0 fully saturated rings. The zero-order chi connectivity index (χ0) is 13.1. The number of nitrogens with two attached hydrogens (primary N) is 1. The fraction of sp³-hybridized carbons (Fsp3) is 0.500. The molecule has 4 nitrogen and oxygen atoms in total. The average molecular weight is 256 g/mol. The molecule has 0 amide bonds. The minimum Gasteiger partial charge on any atom is -0.354 e. The molecule has 1 aromatic carbocycles. The molecule has 1 atom stereocenters. The van der Waals surface area contributed by atoms with E-state index < -0.39 is 15.4 Å². The van der Waals surface area contributed by atoms with Crippen molar-refractivity contribution in [1.82, 2.24) is 0 Å². The highest BCUT2D eigenvalue weighted by Gasteiger charge is 2.26. The first-order valence-electron chi connectivity index (χ1n) is 5.75. The van der Waals surface area contributed by atoms with Crippen molar-refractivity contribution in [2.24, 2.45) is 5.14 Å². The molecule has 0 saturated heterocycles. The molecule has 0 radical (unpaired) electrons. The van der Waals surface area contributed by atoms with Gasteiger partial charge in [0.2, 0.25) is 10.0 Å². The molecule has 96 valence electrons. The second-order valence-corrected chi connectivity index (χ2v) is 5.80. The maximum absolute atomic E-state index is 11.6. The van der Waals surface area contributed by atoms with Crippen LogP contribution < -0.4 is 10.0 Å². The van der Waals surface area contributed by atoms with Gasteiger partial charge in [0.1, 0.15) is 5.37 Å². The maximum Gasteiger partial charge on any atom is 0.230 e. The summed E-state index contributed by atoms with van der Waals surface area (Å²) in [6.45, 7) is 6.34. The van der Waals surface area contributed by atoms with E-state index in [-0.39, 0.29) is 0 Å². The quantitative estimate of drug-likeness (QED) is 0.874. The van der Waals surface area contributed by atoms with Gasteiger partial charge in [-0.2, -0.15) is 0 Å². The first-order chi connectivity index (χ1) is 7.90. The van der Waals surface area contributed by atoms with Gasteiger partial charge in [0.05, 0.1) is 0 Å². The van der Waals surface area contributed by atoms with E-state index in [2.05, 4.69) is 0 Å². The Bertz CT molecular complexity index is 471. The van der Waals surface area contributed by atoms with Crippen molar-refractivity contribution >= 4 is 15.7 Å². The molecular weight excluding hydrogens is 236 g/mol. The van der Waals surface area contributed by atoms with E-state index in [1.54, 1.807) is 0 Å². The Morgan fingerprint density at radius 1 is 1.35 bits per heavy atom. The summed E-state index contributed by atoms with van der Waals surface area (Å²) in [5.74, 6) is 0. The van der Waals surface area contributed by atoms with Crippen LogP contribution >= 0.6 is 0 Å². The molecule has 1 aromatic rings. The monoisotopic (exact) mass is 256 g/mol. The van der Waals surface area contributed by atoms with E-state index in [1.807, 2.05) is 49.9 Å². The second kappa shape index (κ2) is 5.51. The van der Waals surface area contributed by atoms with Gasteiger partial charge in [0.15, 0.2) is 0 Å². The molecule has 0 heterocycles. The summed E-state index contributed by atoms with van der Waals surface area (Å²) in [7, 11) is -3.56. The number of hydrogen-bond acceptors (Lipinski definition) is 3. The van der Waals surface area contributed by atoms with Crippen LogP contribution in [-0.2, 0) is 10.0 Å². The van der Waals surface area contributed by atoms with E-state index in [4.69, 9.17) is 5.14 Å². The number of benzene rings is 1. The highest BCUT2D eigenvalue weighted by molar-refractivity contribution is 7.89. The average Bonchev–Trinajstić information content (AvgIpc) is 2.23. The fourth-order valence-corrected chi connectivity index (χ4v) is 3.08. The molecule has 0 aliphatic heterocycles. The van der Waals surface area contributed by atoms with Gasteiger partial charge in [-0.25, -0.2) is 13.6 Å². The number of rotatable bonds is 5. The van der Waals surface area contributed by atoms with Gasteiger partial charge < -0.3 is 4.90 Å².